The van der Waals surface area contributed by atoms with E-state index in [0.717, 1.165) is 42.8 Å². The molecule has 1 atom stereocenters. The first kappa shape index (κ1) is 23.7. The number of nitrogens with one attached hydrogen (secondary N) is 2. The van der Waals surface area contributed by atoms with E-state index in [1.165, 1.54) is 12.1 Å². The van der Waals surface area contributed by atoms with Gasteiger partial charge in [-0.1, -0.05) is 6.92 Å². The lowest BCUT2D eigenvalue weighted by Crippen LogP contribution is -2.34. The van der Waals surface area contributed by atoms with Gasteiger partial charge in [0.25, 0.3) is 0 Å². The lowest BCUT2D eigenvalue weighted by molar-refractivity contribution is -0.122. The molecule has 0 aliphatic carbocycles. The Hall–Kier alpha value is -1.37. The highest BCUT2D eigenvalue weighted by atomic mass is 35.5. The van der Waals surface area contributed by atoms with Crippen LogP contribution in [0.15, 0.2) is 18.2 Å². The largest absolute Gasteiger partial charge is 0.356 e. The Labute approximate surface area is 172 Å². The summed E-state index contributed by atoms with van der Waals surface area (Å²) >= 11 is 0. The van der Waals surface area contributed by atoms with Crippen LogP contribution in [0.25, 0.3) is 11.0 Å². The van der Waals surface area contributed by atoms with Crippen LogP contribution in [-0.2, 0) is 18.3 Å². The first-order chi connectivity index (χ1) is 12.0. The minimum Gasteiger partial charge on any atom is -0.356 e. The number of hydrogen-bond donors (Lipinski definition) is 2. The van der Waals surface area contributed by atoms with Crippen LogP contribution in [-0.4, -0.2) is 35.1 Å². The summed E-state index contributed by atoms with van der Waals surface area (Å²) in [5.74, 6) is 1.76. The standard InChI is InChI=1S/C19H27FN4O.2ClH/c1-13(14-5-8-21-9-6-14)11-19(25)22-10-7-18-23-16-4-3-15(20)12-17(16)24(18)2;;/h3-4,12-14,21H,5-11H2,1-2H3,(H,22,25);2*1H. The van der Waals surface area contributed by atoms with Crippen LogP contribution in [0.1, 0.15) is 32.0 Å². The van der Waals surface area contributed by atoms with Gasteiger partial charge in [-0.3, -0.25) is 4.79 Å². The van der Waals surface area contributed by atoms with E-state index >= 15 is 0 Å². The van der Waals surface area contributed by atoms with Crippen molar-refractivity contribution in [2.45, 2.75) is 32.6 Å². The van der Waals surface area contributed by atoms with E-state index in [1.54, 1.807) is 6.07 Å². The van der Waals surface area contributed by atoms with Crippen LogP contribution < -0.4 is 10.6 Å². The van der Waals surface area contributed by atoms with E-state index in [1.807, 2.05) is 11.6 Å². The molecule has 3 rings (SSSR count). The Bertz CT molecular complexity index is 747. The third-order valence-corrected chi connectivity index (χ3v) is 5.30. The van der Waals surface area contributed by atoms with Gasteiger partial charge in [0.2, 0.25) is 5.91 Å². The van der Waals surface area contributed by atoms with Gasteiger partial charge in [-0.2, -0.15) is 0 Å². The molecule has 1 unspecified atom stereocenters. The van der Waals surface area contributed by atoms with Crippen molar-refractivity contribution >= 4 is 41.8 Å². The normalized spacial score (nSPS) is 15.7. The van der Waals surface area contributed by atoms with Crippen LogP contribution in [0, 0.1) is 17.7 Å². The second-order valence-electron chi connectivity index (χ2n) is 7.09. The third-order valence-electron chi connectivity index (χ3n) is 5.30. The van der Waals surface area contributed by atoms with Gasteiger partial charge in [0.05, 0.1) is 11.0 Å². The molecule has 2 aromatic rings. The Morgan fingerprint density at radius 3 is 2.78 bits per heavy atom. The number of aromatic nitrogens is 2. The van der Waals surface area contributed by atoms with Crippen LogP contribution in [0.5, 0.6) is 0 Å². The molecule has 1 aromatic carbocycles. The van der Waals surface area contributed by atoms with Crippen molar-refractivity contribution in [2.75, 3.05) is 19.6 Å². The van der Waals surface area contributed by atoms with Crippen molar-refractivity contribution in [3.63, 3.8) is 0 Å². The Kier molecular flexibility index (Phi) is 9.50. The maximum Gasteiger partial charge on any atom is 0.220 e. The fraction of sp³-hybridized carbons (Fsp3) is 0.579. The maximum absolute atomic E-state index is 13.4. The molecule has 1 fully saturated rings. The average Bonchev–Trinajstić information content (AvgIpc) is 2.91. The number of halogens is 3. The van der Waals surface area contributed by atoms with E-state index in [4.69, 9.17) is 0 Å². The SMILES string of the molecule is CC(CC(=O)NCCc1nc2ccc(F)cc2n1C)C1CCNCC1.Cl.Cl. The molecule has 8 heteroatoms. The van der Waals surface area contributed by atoms with Crippen molar-refractivity contribution < 1.29 is 9.18 Å². The number of imidazole rings is 1. The summed E-state index contributed by atoms with van der Waals surface area (Å²) in [6.45, 7) is 4.85. The lowest BCUT2D eigenvalue weighted by atomic mass is 9.84. The van der Waals surface area contributed by atoms with Crippen LogP contribution >= 0.6 is 24.8 Å². The molecule has 1 aliphatic rings. The number of benzene rings is 1. The highest BCUT2D eigenvalue weighted by Crippen LogP contribution is 2.24. The maximum atomic E-state index is 13.4. The zero-order valence-corrected chi connectivity index (χ0v) is 17.5. The van der Waals surface area contributed by atoms with Crippen molar-refractivity contribution in [3.8, 4) is 0 Å². The predicted octanol–water partition coefficient (Wildman–Crippen LogP) is 3.24. The van der Waals surface area contributed by atoms with Gasteiger partial charge in [-0.15, -0.1) is 24.8 Å². The number of fused-ring (bicyclic) bond motifs is 1. The van der Waals surface area contributed by atoms with E-state index < -0.39 is 0 Å². The average molecular weight is 419 g/mol. The van der Waals surface area contributed by atoms with Gasteiger partial charge >= 0.3 is 0 Å². The quantitative estimate of drug-likeness (QED) is 0.756. The van der Waals surface area contributed by atoms with Crippen molar-refractivity contribution in [1.82, 2.24) is 20.2 Å². The van der Waals surface area contributed by atoms with E-state index in [0.29, 0.717) is 31.2 Å². The van der Waals surface area contributed by atoms with Gasteiger partial charge in [-0.25, -0.2) is 9.37 Å². The zero-order valence-electron chi connectivity index (χ0n) is 15.8. The Balaban J connectivity index is 0.00000182. The van der Waals surface area contributed by atoms with Gasteiger partial charge in [0.15, 0.2) is 0 Å². The summed E-state index contributed by atoms with van der Waals surface area (Å²) in [4.78, 5) is 16.7. The molecular weight excluding hydrogens is 390 g/mol. The van der Waals surface area contributed by atoms with Crippen molar-refractivity contribution in [2.24, 2.45) is 18.9 Å². The number of piperidine rings is 1. The topological polar surface area (TPSA) is 59.0 Å². The summed E-state index contributed by atoms with van der Waals surface area (Å²) in [5.41, 5.74) is 1.56. The monoisotopic (exact) mass is 418 g/mol. The molecule has 0 spiro atoms. The first-order valence-corrected chi connectivity index (χ1v) is 9.13. The zero-order chi connectivity index (χ0) is 17.8. The third kappa shape index (κ3) is 6.06. The number of rotatable bonds is 6. The molecule has 2 heterocycles. The van der Waals surface area contributed by atoms with E-state index in [-0.39, 0.29) is 36.5 Å². The molecule has 1 amide bonds. The van der Waals surface area contributed by atoms with E-state index in [2.05, 4.69) is 22.5 Å². The van der Waals surface area contributed by atoms with Crippen LogP contribution in [0.3, 0.4) is 0 Å². The molecule has 1 aromatic heterocycles. The molecule has 152 valence electrons. The number of carbonyl (C=O) groups excluding carboxylic acids is 1. The van der Waals surface area contributed by atoms with Crippen molar-refractivity contribution in [3.05, 3.63) is 29.8 Å². The minimum absolute atomic E-state index is 0. The predicted molar refractivity (Wildman–Crippen MR) is 111 cm³/mol. The summed E-state index contributed by atoms with van der Waals surface area (Å²) in [5, 5.41) is 6.36. The van der Waals surface area contributed by atoms with Crippen LogP contribution in [0.4, 0.5) is 4.39 Å². The summed E-state index contributed by atoms with van der Waals surface area (Å²) < 4.78 is 15.2. The lowest BCUT2D eigenvalue weighted by Gasteiger charge is -2.27. The highest BCUT2D eigenvalue weighted by Gasteiger charge is 2.21. The van der Waals surface area contributed by atoms with E-state index in [9.17, 15) is 9.18 Å². The molecule has 5 nitrogen and oxygen atoms in total. The molecular formula is C19H29Cl2FN4O. The second-order valence-corrected chi connectivity index (χ2v) is 7.09. The van der Waals surface area contributed by atoms with Gasteiger partial charge < -0.3 is 15.2 Å². The second kappa shape index (κ2) is 10.8. The molecule has 1 saturated heterocycles. The number of nitrogens with zero attached hydrogens (tertiary/aromatic N) is 2. The molecule has 2 N–H and O–H groups in total. The van der Waals surface area contributed by atoms with Gasteiger partial charge in [0, 0.05) is 26.4 Å². The molecule has 0 radical (unpaired) electrons. The fourth-order valence-corrected chi connectivity index (χ4v) is 3.69. The molecule has 27 heavy (non-hydrogen) atoms. The summed E-state index contributed by atoms with van der Waals surface area (Å²) in [7, 11) is 1.88. The fourth-order valence-electron chi connectivity index (χ4n) is 3.69. The first-order valence-electron chi connectivity index (χ1n) is 9.13. The minimum atomic E-state index is -0.262. The van der Waals surface area contributed by atoms with Gasteiger partial charge in [0.1, 0.15) is 11.6 Å². The smallest absolute Gasteiger partial charge is 0.220 e. The number of carbonyl (C=O) groups is 1. The molecule has 0 saturated carbocycles. The number of amides is 1. The number of hydrogen-bond acceptors (Lipinski definition) is 3. The van der Waals surface area contributed by atoms with Crippen LogP contribution in [0.2, 0.25) is 0 Å². The van der Waals surface area contributed by atoms with Gasteiger partial charge in [-0.05, 0) is 56.0 Å². The highest BCUT2D eigenvalue weighted by molar-refractivity contribution is 5.85. The Morgan fingerprint density at radius 2 is 2.07 bits per heavy atom. The number of aryl methyl sites for hydroxylation is 1. The molecule has 1 aliphatic heterocycles. The Morgan fingerprint density at radius 1 is 1.37 bits per heavy atom. The molecule has 0 bridgehead atoms. The summed E-state index contributed by atoms with van der Waals surface area (Å²) in [6, 6.07) is 4.60. The summed E-state index contributed by atoms with van der Waals surface area (Å²) in [6.07, 6.45) is 3.54. The van der Waals surface area contributed by atoms with Crippen molar-refractivity contribution in [1.29, 1.82) is 0 Å².